The van der Waals surface area contributed by atoms with Gasteiger partial charge < -0.3 is 10.1 Å². The normalized spacial score (nSPS) is 11.2. The van der Waals surface area contributed by atoms with Gasteiger partial charge in [-0.3, -0.25) is 9.48 Å². The predicted octanol–water partition coefficient (Wildman–Crippen LogP) is 3.72. The van der Waals surface area contributed by atoms with Gasteiger partial charge in [-0.2, -0.15) is 10.4 Å². The SMILES string of the molecule is COCCCNC(=O)/C(C#N)=C\c1cn(Cc2ccccc2)nc1-c1cccs1. The van der Waals surface area contributed by atoms with Crippen LogP contribution in [0, 0.1) is 11.3 Å². The third kappa shape index (κ3) is 5.64. The van der Waals surface area contributed by atoms with E-state index in [1.54, 1.807) is 24.5 Å². The number of hydrogen-bond acceptors (Lipinski definition) is 5. The highest BCUT2D eigenvalue weighted by molar-refractivity contribution is 7.13. The topological polar surface area (TPSA) is 79.9 Å². The van der Waals surface area contributed by atoms with Gasteiger partial charge in [0, 0.05) is 32.0 Å². The molecule has 29 heavy (non-hydrogen) atoms. The number of aromatic nitrogens is 2. The number of carbonyl (C=O) groups is 1. The van der Waals surface area contributed by atoms with Crippen LogP contribution >= 0.6 is 11.3 Å². The molecule has 2 aromatic heterocycles. The Kier molecular flexibility index (Phi) is 7.34. The highest BCUT2D eigenvalue weighted by Crippen LogP contribution is 2.28. The van der Waals surface area contributed by atoms with E-state index < -0.39 is 5.91 Å². The molecule has 0 aliphatic heterocycles. The zero-order valence-electron chi connectivity index (χ0n) is 16.2. The van der Waals surface area contributed by atoms with E-state index in [-0.39, 0.29) is 5.57 Å². The van der Waals surface area contributed by atoms with Crippen LogP contribution in [0.3, 0.4) is 0 Å². The van der Waals surface area contributed by atoms with Crippen molar-refractivity contribution in [3.05, 3.63) is 70.7 Å². The number of nitrogens with zero attached hydrogens (tertiary/aromatic N) is 3. The maximum absolute atomic E-state index is 12.4. The minimum atomic E-state index is -0.392. The van der Waals surface area contributed by atoms with Crippen molar-refractivity contribution in [2.75, 3.05) is 20.3 Å². The lowest BCUT2D eigenvalue weighted by atomic mass is 10.1. The van der Waals surface area contributed by atoms with E-state index in [1.165, 1.54) is 0 Å². The van der Waals surface area contributed by atoms with E-state index in [2.05, 4.69) is 5.32 Å². The summed E-state index contributed by atoms with van der Waals surface area (Å²) >= 11 is 1.57. The first-order valence-corrected chi connectivity index (χ1v) is 10.1. The van der Waals surface area contributed by atoms with E-state index in [0.717, 1.165) is 21.7 Å². The smallest absolute Gasteiger partial charge is 0.261 e. The molecule has 3 aromatic rings. The number of nitrogens with one attached hydrogen (secondary N) is 1. The van der Waals surface area contributed by atoms with Crippen molar-refractivity contribution in [1.82, 2.24) is 15.1 Å². The second-order valence-corrected chi connectivity index (χ2v) is 7.31. The molecule has 0 radical (unpaired) electrons. The average Bonchev–Trinajstić information content (AvgIpc) is 3.40. The Bertz CT molecular complexity index is 1000. The Morgan fingerprint density at radius 2 is 2.14 bits per heavy atom. The molecule has 0 unspecified atom stereocenters. The molecule has 0 fully saturated rings. The second-order valence-electron chi connectivity index (χ2n) is 6.37. The van der Waals surface area contributed by atoms with Gasteiger partial charge in [0.25, 0.3) is 5.91 Å². The van der Waals surface area contributed by atoms with Gasteiger partial charge in [0.05, 0.1) is 11.4 Å². The van der Waals surface area contributed by atoms with Gasteiger partial charge in [-0.15, -0.1) is 11.3 Å². The molecule has 0 saturated heterocycles. The zero-order valence-corrected chi connectivity index (χ0v) is 17.0. The number of hydrogen-bond donors (Lipinski definition) is 1. The molecule has 0 aliphatic rings. The Hall–Kier alpha value is -3.21. The Morgan fingerprint density at radius 3 is 2.83 bits per heavy atom. The number of thiophene rings is 1. The fourth-order valence-electron chi connectivity index (χ4n) is 2.82. The molecule has 1 aromatic carbocycles. The third-order valence-electron chi connectivity index (χ3n) is 4.21. The fourth-order valence-corrected chi connectivity index (χ4v) is 3.55. The fraction of sp³-hybridized carbons (Fsp3) is 0.227. The second kappa shape index (κ2) is 10.4. The van der Waals surface area contributed by atoms with Gasteiger partial charge in [0.1, 0.15) is 17.3 Å². The number of rotatable bonds is 9. The lowest BCUT2D eigenvalue weighted by Gasteiger charge is -2.03. The highest BCUT2D eigenvalue weighted by atomic mass is 32.1. The van der Waals surface area contributed by atoms with Crippen molar-refractivity contribution >= 4 is 23.3 Å². The summed E-state index contributed by atoms with van der Waals surface area (Å²) in [7, 11) is 1.61. The molecule has 7 heteroatoms. The van der Waals surface area contributed by atoms with Gasteiger partial charge in [-0.25, -0.2) is 0 Å². The van der Waals surface area contributed by atoms with E-state index >= 15 is 0 Å². The van der Waals surface area contributed by atoms with Crippen LogP contribution in [0.25, 0.3) is 16.6 Å². The van der Waals surface area contributed by atoms with Crippen molar-refractivity contribution in [3.8, 4) is 16.6 Å². The van der Waals surface area contributed by atoms with Crippen LogP contribution in [0.15, 0.2) is 59.6 Å². The van der Waals surface area contributed by atoms with E-state index in [9.17, 15) is 10.1 Å². The molecule has 1 amide bonds. The van der Waals surface area contributed by atoms with E-state index in [0.29, 0.717) is 26.1 Å². The minimum absolute atomic E-state index is 0.0551. The number of nitriles is 1. The molecular weight excluding hydrogens is 384 g/mol. The molecule has 3 rings (SSSR count). The monoisotopic (exact) mass is 406 g/mol. The molecule has 148 valence electrons. The largest absolute Gasteiger partial charge is 0.385 e. The summed E-state index contributed by atoms with van der Waals surface area (Å²) in [6, 6.07) is 16.0. The standard InChI is InChI=1S/C22H22N4O2S/c1-28-11-6-10-24-22(27)18(14-23)13-19-16-26(15-17-7-3-2-4-8-17)25-21(19)20-9-5-12-29-20/h2-5,7-9,12-13,16H,6,10-11,15H2,1H3,(H,24,27)/b18-13-. The molecule has 0 bridgehead atoms. The van der Waals surface area contributed by atoms with Crippen molar-refractivity contribution in [1.29, 1.82) is 5.26 Å². The molecule has 0 spiro atoms. The lowest BCUT2D eigenvalue weighted by Crippen LogP contribution is -2.26. The molecule has 1 N–H and O–H groups in total. The van der Waals surface area contributed by atoms with E-state index in [1.807, 2.05) is 64.8 Å². The Morgan fingerprint density at radius 1 is 1.31 bits per heavy atom. The van der Waals surface area contributed by atoms with Gasteiger partial charge in [0.2, 0.25) is 0 Å². The maximum atomic E-state index is 12.4. The first kappa shape index (κ1) is 20.5. The first-order chi connectivity index (χ1) is 14.2. The van der Waals surface area contributed by atoms with Crippen LogP contribution in [-0.2, 0) is 16.1 Å². The molecule has 2 heterocycles. The van der Waals surface area contributed by atoms with Crippen LogP contribution in [0.4, 0.5) is 0 Å². The number of carbonyl (C=O) groups excluding carboxylic acids is 1. The molecule has 6 nitrogen and oxygen atoms in total. The van der Waals surface area contributed by atoms with Crippen LogP contribution in [0.2, 0.25) is 0 Å². The first-order valence-electron chi connectivity index (χ1n) is 9.25. The number of amides is 1. The minimum Gasteiger partial charge on any atom is -0.385 e. The van der Waals surface area contributed by atoms with Gasteiger partial charge in [0.15, 0.2) is 0 Å². The molecule has 0 atom stereocenters. The summed E-state index contributed by atoms with van der Waals surface area (Å²) in [6.07, 6.45) is 4.17. The quantitative estimate of drug-likeness (QED) is 0.334. The van der Waals surface area contributed by atoms with Crippen LogP contribution < -0.4 is 5.32 Å². The third-order valence-corrected chi connectivity index (χ3v) is 5.08. The molecule has 0 aliphatic carbocycles. The zero-order chi connectivity index (χ0) is 20.5. The summed E-state index contributed by atoms with van der Waals surface area (Å²) in [5.74, 6) is -0.392. The van der Waals surface area contributed by atoms with Crippen molar-refractivity contribution < 1.29 is 9.53 Å². The Labute approximate surface area is 174 Å². The predicted molar refractivity (Wildman–Crippen MR) is 114 cm³/mol. The van der Waals surface area contributed by atoms with Crippen LogP contribution in [0.5, 0.6) is 0 Å². The van der Waals surface area contributed by atoms with Gasteiger partial charge >= 0.3 is 0 Å². The van der Waals surface area contributed by atoms with Crippen molar-refractivity contribution in [2.45, 2.75) is 13.0 Å². The molecule has 0 saturated carbocycles. The van der Waals surface area contributed by atoms with Crippen molar-refractivity contribution in [2.24, 2.45) is 0 Å². The average molecular weight is 407 g/mol. The van der Waals surface area contributed by atoms with Gasteiger partial charge in [-0.05, 0) is 29.5 Å². The summed E-state index contributed by atoms with van der Waals surface area (Å²) in [6.45, 7) is 1.62. The summed E-state index contributed by atoms with van der Waals surface area (Å²) in [4.78, 5) is 13.4. The number of benzene rings is 1. The van der Waals surface area contributed by atoms with Crippen molar-refractivity contribution in [3.63, 3.8) is 0 Å². The number of methoxy groups -OCH3 is 1. The van der Waals surface area contributed by atoms with E-state index in [4.69, 9.17) is 9.84 Å². The van der Waals surface area contributed by atoms with Crippen LogP contribution in [0.1, 0.15) is 17.5 Å². The summed E-state index contributed by atoms with van der Waals surface area (Å²) < 4.78 is 6.81. The maximum Gasteiger partial charge on any atom is 0.261 e. The van der Waals surface area contributed by atoms with Gasteiger partial charge in [-0.1, -0.05) is 36.4 Å². The highest BCUT2D eigenvalue weighted by Gasteiger charge is 2.15. The summed E-state index contributed by atoms with van der Waals surface area (Å²) in [5.41, 5.74) is 2.68. The molecular formula is C22H22N4O2S. The summed E-state index contributed by atoms with van der Waals surface area (Å²) in [5, 5.41) is 18.9. The van der Waals surface area contributed by atoms with Crippen LogP contribution in [-0.4, -0.2) is 35.9 Å². The number of ether oxygens (including phenoxy) is 1. The Balaban J connectivity index is 1.86. The lowest BCUT2D eigenvalue weighted by molar-refractivity contribution is -0.117.